The second kappa shape index (κ2) is 5.41. The van der Waals surface area contributed by atoms with Crippen molar-refractivity contribution in [3.8, 4) is 6.07 Å². The number of carbonyl (C=O) groups excluding carboxylic acids is 1. The van der Waals surface area contributed by atoms with Crippen LogP contribution in [-0.2, 0) is 0 Å². The lowest BCUT2D eigenvalue weighted by atomic mass is 10.1. The van der Waals surface area contributed by atoms with Gasteiger partial charge in [0.05, 0.1) is 11.3 Å². The summed E-state index contributed by atoms with van der Waals surface area (Å²) in [5, 5.41) is 11.6. The smallest absolute Gasteiger partial charge is 0.255 e. The number of nitriles is 1. The van der Waals surface area contributed by atoms with Crippen LogP contribution in [0.15, 0.2) is 36.4 Å². The molecule has 20 heavy (non-hydrogen) atoms. The van der Waals surface area contributed by atoms with Crippen molar-refractivity contribution >= 4 is 17.3 Å². The highest BCUT2D eigenvalue weighted by atomic mass is 19.1. The maximum Gasteiger partial charge on any atom is 0.255 e. The zero-order valence-electron chi connectivity index (χ0n) is 10.8. The van der Waals surface area contributed by atoms with Gasteiger partial charge in [0, 0.05) is 11.3 Å². The first-order valence-electron chi connectivity index (χ1n) is 5.88. The molecule has 0 radical (unpaired) electrons. The minimum Gasteiger partial charge on any atom is -0.399 e. The minimum absolute atomic E-state index is 0.197. The molecule has 0 unspecified atom stereocenters. The van der Waals surface area contributed by atoms with Crippen LogP contribution >= 0.6 is 0 Å². The third kappa shape index (κ3) is 2.93. The third-order valence-corrected chi connectivity index (χ3v) is 2.72. The van der Waals surface area contributed by atoms with Crippen LogP contribution in [-0.4, -0.2) is 5.91 Å². The lowest BCUT2D eigenvalue weighted by Crippen LogP contribution is -2.13. The fourth-order valence-electron chi connectivity index (χ4n) is 1.83. The molecule has 2 aromatic carbocycles. The number of amides is 1. The summed E-state index contributed by atoms with van der Waals surface area (Å²) in [6, 6.07) is 10.6. The molecule has 0 heterocycles. The van der Waals surface area contributed by atoms with Gasteiger partial charge in [-0.1, -0.05) is 0 Å². The van der Waals surface area contributed by atoms with Crippen molar-refractivity contribution in [1.82, 2.24) is 0 Å². The predicted octanol–water partition coefficient (Wildman–Crippen LogP) is 2.84. The highest BCUT2D eigenvalue weighted by Gasteiger charge is 2.11. The van der Waals surface area contributed by atoms with Crippen molar-refractivity contribution < 1.29 is 9.18 Å². The first-order chi connectivity index (χ1) is 9.49. The second-order valence-electron chi connectivity index (χ2n) is 4.39. The summed E-state index contributed by atoms with van der Waals surface area (Å²) < 4.78 is 13.3. The summed E-state index contributed by atoms with van der Waals surface area (Å²) in [5.41, 5.74) is 7.44. The molecular weight excluding hydrogens is 257 g/mol. The topological polar surface area (TPSA) is 78.9 Å². The largest absolute Gasteiger partial charge is 0.399 e. The maximum absolute atomic E-state index is 13.3. The van der Waals surface area contributed by atoms with Gasteiger partial charge >= 0.3 is 0 Å². The van der Waals surface area contributed by atoms with Crippen LogP contribution in [0.5, 0.6) is 0 Å². The molecule has 2 rings (SSSR count). The molecule has 0 atom stereocenters. The lowest BCUT2D eigenvalue weighted by molar-refractivity contribution is 0.102. The van der Waals surface area contributed by atoms with Gasteiger partial charge in [0.25, 0.3) is 5.91 Å². The summed E-state index contributed by atoms with van der Waals surface area (Å²) in [5.74, 6) is -0.957. The van der Waals surface area contributed by atoms with Crippen molar-refractivity contribution in [2.24, 2.45) is 0 Å². The molecule has 0 spiro atoms. The van der Waals surface area contributed by atoms with E-state index in [1.165, 1.54) is 18.2 Å². The van der Waals surface area contributed by atoms with E-state index in [2.05, 4.69) is 5.32 Å². The van der Waals surface area contributed by atoms with Crippen LogP contribution in [0.4, 0.5) is 15.8 Å². The standard InChI is InChI=1S/C15H12FN3O/c1-9-4-10(6-12(16)5-9)15(20)19-14-3-2-13(18)7-11(14)8-17/h2-7H,18H2,1H3,(H,19,20). The van der Waals surface area contributed by atoms with Gasteiger partial charge in [0.15, 0.2) is 0 Å². The Morgan fingerprint density at radius 3 is 2.70 bits per heavy atom. The van der Waals surface area contributed by atoms with Crippen LogP contribution in [0, 0.1) is 24.1 Å². The molecule has 0 fully saturated rings. The van der Waals surface area contributed by atoms with Gasteiger partial charge in [-0.25, -0.2) is 4.39 Å². The van der Waals surface area contributed by atoms with E-state index in [1.807, 2.05) is 6.07 Å². The highest BCUT2D eigenvalue weighted by Crippen LogP contribution is 2.19. The first kappa shape index (κ1) is 13.6. The molecule has 2 aromatic rings. The van der Waals surface area contributed by atoms with E-state index in [9.17, 15) is 9.18 Å². The van der Waals surface area contributed by atoms with Gasteiger partial charge in [-0.05, 0) is 48.9 Å². The average molecular weight is 269 g/mol. The zero-order valence-corrected chi connectivity index (χ0v) is 10.8. The molecule has 4 nitrogen and oxygen atoms in total. The van der Waals surface area contributed by atoms with Gasteiger partial charge in [0.1, 0.15) is 11.9 Å². The van der Waals surface area contributed by atoms with E-state index in [1.54, 1.807) is 19.1 Å². The van der Waals surface area contributed by atoms with Crippen molar-refractivity contribution in [3.63, 3.8) is 0 Å². The Bertz CT molecular complexity index is 699. The number of halogens is 1. The van der Waals surface area contributed by atoms with Crippen LogP contribution in [0.1, 0.15) is 21.5 Å². The van der Waals surface area contributed by atoms with E-state index in [0.29, 0.717) is 16.9 Å². The van der Waals surface area contributed by atoms with Gasteiger partial charge in [0.2, 0.25) is 0 Å². The number of hydrogen-bond acceptors (Lipinski definition) is 3. The minimum atomic E-state index is -0.479. The number of carbonyl (C=O) groups is 1. The van der Waals surface area contributed by atoms with Gasteiger partial charge in [-0.3, -0.25) is 4.79 Å². The van der Waals surface area contributed by atoms with Crippen molar-refractivity contribution in [1.29, 1.82) is 5.26 Å². The molecule has 0 saturated carbocycles. The Morgan fingerprint density at radius 1 is 1.30 bits per heavy atom. The summed E-state index contributed by atoms with van der Waals surface area (Å²) in [4.78, 5) is 12.1. The van der Waals surface area contributed by atoms with Crippen LogP contribution < -0.4 is 11.1 Å². The summed E-state index contributed by atoms with van der Waals surface area (Å²) in [6.45, 7) is 1.70. The number of rotatable bonds is 2. The average Bonchev–Trinajstić information content (AvgIpc) is 2.39. The van der Waals surface area contributed by atoms with E-state index < -0.39 is 11.7 Å². The van der Waals surface area contributed by atoms with Crippen LogP contribution in [0.2, 0.25) is 0 Å². The summed E-state index contributed by atoms with van der Waals surface area (Å²) in [7, 11) is 0. The van der Waals surface area contributed by atoms with Crippen LogP contribution in [0.3, 0.4) is 0 Å². The molecule has 3 N–H and O–H groups in total. The Morgan fingerprint density at radius 2 is 2.05 bits per heavy atom. The maximum atomic E-state index is 13.3. The Labute approximate surface area is 115 Å². The van der Waals surface area contributed by atoms with E-state index in [-0.39, 0.29) is 11.1 Å². The fraction of sp³-hybridized carbons (Fsp3) is 0.0667. The number of nitrogens with zero attached hydrogens (tertiary/aromatic N) is 1. The molecule has 0 aliphatic carbocycles. The van der Waals surface area contributed by atoms with E-state index in [4.69, 9.17) is 11.0 Å². The molecule has 0 aliphatic heterocycles. The normalized spacial score (nSPS) is 9.85. The van der Waals surface area contributed by atoms with Crippen molar-refractivity contribution in [3.05, 3.63) is 58.9 Å². The first-order valence-corrected chi connectivity index (χ1v) is 5.88. The molecular formula is C15H12FN3O. The molecule has 0 saturated heterocycles. The zero-order chi connectivity index (χ0) is 14.7. The lowest BCUT2D eigenvalue weighted by Gasteiger charge is -2.08. The molecule has 100 valence electrons. The molecule has 0 bridgehead atoms. The number of hydrogen-bond donors (Lipinski definition) is 2. The molecule has 1 amide bonds. The molecule has 0 aromatic heterocycles. The Kier molecular flexibility index (Phi) is 3.67. The number of nitrogens with one attached hydrogen (secondary N) is 1. The SMILES string of the molecule is Cc1cc(F)cc(C(=O)Nc2ccc(N)cc2C#N)c1. The van der Waals surface area contributed by atoms with Crippen molar-refractivity contribution in [2.45, 2.75) is 6.92 Å². The highest BCUT2D eigenvalue weighted by molar-refractivity contribution is 6.05. The number of nitrogens with two attached hydrogens (primary N) is 1. The molecule has 5 heteroatoms. The number of anilines is 2. The Hall–Kier alpha value is -2.87. The summed E-state index contributed by atoms with van der Waals surface area (Å²) in [6.07, 6.45) is 0. The van der Waals surface area contributed by atoms with Gasteiger partial charge < -0.3 is 11.1 Å². The third-order valence-electron chi connectivity index (χ3n) is 2.72. The molecule has 0 aliphatic rings. The summed E-state index contributed by atoms with van der Waals surface area (Å²) >= 11 is 0. The predicted molar refractivity (Wildman–Crippen MR) is 74.7 cm³/mol. The number of benzene rings is 2. The fourth-order valence-corrected chi connectivity index (χ4v) is 1.83. The van der Waals surface area contributed by atoms with E-state index in [0.717, 1.165) is 6.07 Å². The number of aryl methyl sites for hydroxylation is 1. The Balaban J connectivity index is 2.30. The van der Waals surface area contributed by atoms with Crippen LogP contribution in [0.25, 0.3) is 0 Å². The quantitative estimate of drug-likeness (QED) is 0.823. The van der Waals surface area contributed by atoms with Crippen molar-refractivity contribution in [2.75, 3.05) is 11.1 Å². The number of nitrogen functional groups attached to an aromatic ring is 1. The van der Waals surface area contributed by atoms with Gasteiger partial charge in [-0.2, -0.15) is 5.26 Å². The monoisotopic (exact) mass is 269 g/mol. The van der Waals surface area contributed by atoms with E-state index >= 15 is 0 Å². The second-order valence-corrected chi connectivity index (χ2v) is 4.39. The van der Waals surface area contributed by atoms with Gasteiger partial charge in [-0.15, -0.1) is 0 Å².